The molecule has 106 valence electrons. The minimum absolute atomic E-state index is 0.0843. The van der Waals surface area contributed by atoms with E-state index >= 15 is 0 Å². The first-order valence-electron chi connectivity index (χ1n) is 5.51. The Hall–Kier alpha value is -1.43. The number of halogens is 4. The number of alkyl halides is 3. The second kappa shape index (κ2) is 6.65. The van der Waals surface area contributed by atoms with Crippen molar-refractivity contribution in [2.24, 2.45) is 0 Å². The zero-order chi connectivity index (χ0) is 14.5. The van der Waals surface area contributed by atoms with E-state index in [1.54, 1.807) is 6.92 Å². The van der Waals surface area contributed by atoms with Gasteiger partial charge in [0.25, 0.3) is 0 Å². The third-order valence-corrected chi connectivity index (χ3v) is 2.46. The summed E-state index contributed by atoms with van der Waals surface area (Å²) in [5.74, 6) is -0.883. The van der Waals surface area contributed by atoms with Gasteiger partial charge in [0.05, 0.1) is 11.6 Å². The van der Waals surface area contributed by atoms with Crippen molar-refractivity contribution in [1.82, 2.24) is 0 Å². The number of carbonyl (C=O) groups excluding carboxylic acids is 1. The zero-order valence-corrected chi connectivity index (χ0v) is 10.8. The normalized spacial score (nSPS) is 11.2. The van der Waals surface area contributed by atoms with Gasteiger partial charge in [0.2, 0.25) is 0 Å². The lowest BCUT2D eigenvalue weighted by Gasteiger charge is -2.11. The van der Waals surface area contributed by atoms with Crippen molar-refractivity contribution in [2.75, 3.05) is 6.61 Å². The van der Waals surface area contributed by atoms with Crippen molar-refractivity contribution in [1.29, 1.82) is 0 Å². The molecule has 0 N–H and O–H groups in total. The first-order valence-corrected chi connectivity index (χ1v) is 5.89. The largest absolute Gasteiger partial charge is 0.573 e. The molecule has 0 unspecified atom stereocenters. The Morgan fingerprint density at radius 1 is 1.37 bits per heavy atom. The maximum atomic E-state index is 12.1. The van der Waals surface area contributed by atoms with Crippen molar-refractivity contribution in [3.63, 3.8) is 0 Å². The second-order valence-electron chi connectivity index (χ2n) is 3.62. The van der Waals surface area contributed by atoms with Gasteiger partial charge in [-0.05, 0) is 31.0 Å². The third kappa shape index (κ3) is 5.83. The number of carbonyl (C=O) groups is 1. The Morgan fingerprint density at radius 2 is 2.05 bits per heavy atom. The Kier molecular flexibility index (Phi) is 5.47. The fourth-order valence-electron chi connectivity index (χ4n) is 1.39. The number of aryl methyl sites for hydroxylation is 1. The molecule has 0 bridgehead atoms. The molecule has 1 aromatic rings. The number of esters is 1. The van der Waals surface area contributed by atoms with E-state index < -0.39 is 18.1 Å². The quantitative estimate of drug-likeness (QED) is 0.777. The first kappa shape index (κ1) is 15.6. The molecule has 7 heteroatoms. The minimum atomic E-state index is -4.80. The molecular weight excluding hydrogens is 285 g/mol. The monoisotopic (exact) mass is 296 g/mol. The molecule has 0 radical (unpaired) electrons. The van der Waals surface area contributed by atoms with Gasteiger partial charge >= 0.3 is 12.3 Å². The molecule has 0 amide bonds. The molecule has 0 heterocycles. The topological polar surface area (TPSA) is 35.5 Å². The van der Waals surface area contributed by atoms with Gasteiger partial charge in [0, 0.05) is 6.42 Å². The van der Waals surface area contributed by atoms with Crippen LogP contribution in [0.2, 0.25) is 5.02 Å². The lowest BCUT2D eigenvalue weighted by Crippen LogP contribution is -2.17. The molecule has 19 heavy (non-hydrogen) atoms. The summed E-state index contributed by atoms with van der Waals surface area (Å²) in [5, 5.41) is -0.141. The Morgan fingerprint density at radius 3 is 2.63 bits per heavy atom. The fourth-order valence-corrected chi connectivity index (χ4v) is 1.54. The van der Waals surface area contributed by atoms with Crippen LogP contribution in [0.4, 0.5) is 13.2 Å². The fraction of sp³-hybridized carbons (Fsp3) is 0.417. The molecule has 1 aromatic carbocycles. The van der Waals surface area contributed by atoms with Crippen LogP contribution in [-0.4, -0.2) is 18.9 Å². The average molecular weight is 297 g/mol. The van der Waals surface area contributed by atoms with Crippen LogP contribution >= 0.6 is 11.6 Å². The standard InChI is InChI=1S/C12H12ClF3O3/c1-2-18-11(17)6-4-8-3-5-9(13)10(7-8)19-12(14,15)16/h3,5,7H,2,4,6H2,1H3. The predicted molar refractivity (Wildman–Crippen MR) is 63.1 cm³/mol. The molecule has 0 saturated carbocycles. The maximum absolute atomic E-state index is 12.1. The van der Waals surface area contributed by atoms with Crippen molar-refractivity contribution in [3.8, 4) is 5.75 Å². The van der Waals surface area contributed by atoms with Gasteiger partial charge in [0.1, 0.15) is 5.75 Å². The second-order valence-corrected chi connectivity index (χ2v) is 4.02. The van der Waals surface area contributed by atoms with Crippen molar-refractivity contribution >= 4 is 17.6 Å². The van der Waals surface area contributed by atoms with E-state index in [-0.39, 0.29) is 24.5 Å². The molecule has 0 fully saturated rings. The highest BCUT2D eigenvalue weighted by molar-refractivity contribution is 6.32. The molecule has 0 aliphatic rings. The van der Waals surface area contributed by atoms with Crippen LogP contribution in [0.15, 0.2) is 18.2 Å². The molecule has 0 aliphatic heterocycles. The summed E-state index contributed by atoms with van der Waals surface area (Å²) < 4.78 is 44.8. The summed E-state index contributed by atoms with van der Waals surface area (Å²) in [5.41, 5.74) is 0.511. The van der Waals surface area contributed by atoms with E-state index in [4.69, 9.17) is 16.3 Å². The van der Waals surface area contributed by atoms with Crippen LogP contribution in [0, 0.1) is 0 Å². The van der Waals surface area contributed by atoms with Gasteiger partial charge in [-0.1, -0.05) is 17.7 Å². The van der Waals surface area contributed by atoms with E-state index in [1.807, 2.05) is 0 Å². The molecule has 0 spiro atoms. The Bertz CT molecular complexity index is 446. The number of benzene rings is 1. The van der Waals surface area contributed by atoms with Crippen LogP contribution < -0.4 is 4.74 Å². The van der Waals surface area contributed by atoms with E-state index in [1.165, 1.54) is 12.1 Å². The lowest BCUT2D eigenvalue weighted by atomic mass is 10.1. The molecule has 3 nitrogen and oxygen atoms in total. The first-order chi connectivity index (χ1) is 8.81. The van der Waals surface area contributed by atoms with Crippen molar-refractivity contribution in [2.45, 2.75) is 26.1 Å². The molecule has 0 aliphatic carbocycles. The van der Waals surface area contributed by atoms with Crippen molar-refractivity contribution in [3.05, 3.63) is 28.8 Å². The van der Waals surface area contributed by atoms with Crippen LogP contribution in [-0.2, 0) is 16.0 Å². The minimum Gasteiger partial charge on any atom is -0.466 e. The average Bonchev–Trinajstić information content (AvgIpc) is 2.29. The highest BCUT2D eigenvalue weighted by Crippen LogP contribution is 2.31. The summed E-state index contributed by atoms with van der Waals surface area (Å²) in [6.07, 6.45) is -4.46. The van der Waals surface area contributed by atoms with E-state index in [9.17, 15) is 18.0 Å². The molecule has 0 saturated heterocycles. The highest BCUT2D eigenvalue weighted by Gasteiger charge is 2.32. The lowest BCUT2D eigenvalue weighted by molar-refractivity contribution is -0.274. The zero-order valence-electron chi connectivity index (χ0n) is 10.1. The van der Waals surface area contributed by atoms with Crippen molar-refractivity contribution < 1.29 is 27.4 Å². The number of hydrogen-bond donors (Lipinski definition) is 0. The summed E-state index contributed by atoms with van der Waals surface area (Å²) in [6, 6.07) is 3.99. The molecule has 0 atom stereocenters. The van der Waals surface area contributed by atoms with Gasteiger partial charge in [-0.2, -0.15) is 0 Å². The van der Waals surface area contributed by atoms with E-state index in [0.29, 0.717) is 5.56 Å². The summed E-state index contributed by atoms with van der Waals surface area (Å²) in [6.45, 7) is 1.94. The van der Waals surface area contributed by atoms with Crippen LogP contribution in [0.5, 0.6) is 5.75 Å². The van der Waals surface area contributed by atoms with Gasteiger partial charge in [-0.25, -0.2) is 0 Å². The SMILES string of the molecule is CCOC(=O)CCc1ccc(Cl)c(OC(F)(F)F)c1. The van der Waals surface area contributed by atoms with Gasteiger partial charge in [-0.3, -0.25) is 4.79 Å². The van der Waals surface area contributed by atoms with E-state index in [0.717, 1.165) is 6.07 Å². The van der Waals surface area contributed by atoms with Gasteiger partial charge in [-0.15, -0.1) is 13.2 Å². The smallest absolute Gasteiger partial charge is 0.466 e. The van der Waals surface area contributed by atoms with Crippen LogP contribution in [0.3, 0.4) is 0 Å². The molecular formula is C12H12ClF3O3. The molecule has 0 aromatic heterocycles. The summed E-state index contributed by atoms with van der Waals surface area (Å²) in [4.78, 5) is 11.1. The van der Waals surface area contributed by atoms with E-state index in [2.05, 4.69) is 4.74 Å². The maximum Gasteiger partial charge on any atom is 0.573 e. The van der Waals surface area contributed by atoms with Crippen LogP contribution in [0.25, 0.3) is 0 Å². The predicted octanol–water partition coefficient (Wildman–Crippen LogP) is 3.73. The van der Waals surface area contributed by atoms with Crippen LogP contribution in [0.1, 0.15) is 18.9 Å². The Labute approximate surface area is 113 Å². The Balaban J connectivity index is 2.71. The van der Waals surface area contributed by atoms with Gasteiger partial charge in [0.15, 0.2) is 0 Å². The number of hydrogen-bond acceptors (Lipinski definition) is 3. The third-order valence-electron chi connectivity index (χ3n) is 2.14. The highest BCUT2D eigenvalue weighted by atomic mass is 35.5. The summed E-state index contributed by atoms with van der Waals surface area (Å²) in [7, 11) is 0. The summed E-state index contributed by atoms with van der Waals surface area (Å²) >= 11 is 5.60. The number of rotatable bonds is 5. The van der Waals surface area contributed by atoms with Gasteiger partial charge < -0.3 is 9.47 Å². The molecule has 1 rings (SSSR count). The number of ether oxygens (including phenoxy) is 2.